The number of rotatable bonds is 13. The quantitative estimate of drug-likeness (QED) is 0.215. The second-order valence-electron chi connectivity index (χ2n) is 10.0. The van der Waals surface area contributed by atoms with Gasteiger partial charge in [0.1, 0.15) is 0 Å². The molecule has 3 aromatic carbocycles. The smallest absolute Gasteiger partial charge is 0.338 e. The maximum absolute atomic E-state index is 12.4. The Labute approximate surface area is 227 Å². The van der Waals surface area contributed by atoms with Crippen LogP contribution in [-0.2, 0) is 9.47 Å². The zero-order valence-electron chi connectivity index (χ0n) is 23.2. The van der Waals surface area contributed by atoms with Gasteiger partial charge < -0.3 is 9.47 Å². The zero-order valence-corrected chi connectivity index (χ0v) is 23.2. The zero-order chi connectivity index (χ0) is 27.5. The molecule has 0 saturated carbocycles. The second kappa shape index (κ2) is 14.3. The lowest BCUT2D eigenvalue weighted by Crippen LogP contribution is -2.08. The average Bonchev–Trinajstić information content (AvgIpc) is 2.96. The number of carbonyl (C=O) groups is 2. The highest BCUT2D eigenvalue weighted by molar-refractivity contribution is 5.91. The number of esters is 2. The summed E-state index contributed by atoms with van der Waals surface area (Å²) in [5.74, 6) is 0.516. The van der Waals surface area contributed by atoms with Crippen LogP contribution < -0.4 is 0 Å². The number of hydrogen-bond acceptors (Lipinski definition) is 4. The monoisotopic (exact) mass is 512 g/mol. The Morgan fingerprint density at radius 2 is 1.16 bits per heavy atom. The van der Waals surface area contributed by atoms with Crippen molar-refractivity contribution >= 4 is 18.0 Å². The van der Waals surface area contributed by atoms with Crippen LogP contribution in [0, 0.1) is 11.8 Å². The molecule has 2 atom stereocenters. The summed E-state index contributed by atoms with van der Waals surface area (Å²) in [4.78, 5) is 24.7. The molecule has 200 valence electrons. The van der Waals surface area contributed by atoms with Crippen LogP contribution in [0.5, 0.6) is 0 Å². The summed E-state index contributed by atoms with van der Waals surface area (Å²) in [5, 5.41) is 0. The minimum atomic E-state index is -0.290. The van der Waals surface area contributed by atoms with E-state index in [1.807, 2.05) is 54.6 Å². The van der Waals surface area contributed by atoms with Gasteiger partial charge in [-0.2, -0.15) is 0 Å². The van der Waals surface area contributed by atoms with Gasteiger partial charge in [-0.15, -0.1) is 0 Å². The summed E-state index contributed by atoms with van der Waals surface area (Å²) in [5.41, 5.74) is 6.15. The van der Waals surface area contributed by atoms with Gasteiger partial charge in [-0.3, -0.25) is 0 Å². The lowest BCUT2D eigenvalue weighted by molar-refractivity contribution is 0.0475. The first kappa shape index (κ1) is 28.9. The number of benzene rings is 3. The molecule has 0 amide bonds. The molecule has 0 aliphatic heterocycles. The van der Waals surface area contributed by atoms with Crippen LogP contribution in [0.2, 0.25) is 0 Å². The fraction of sp³-hybridized carbons (Fsp3) is 0.353. The number of carbonyl (C=O) groups excluding carboxylic acids is 2. The Hall–Kier alpha value is -3.66. The molecule has 0 aromatic heterocycles. The predicted molar refractivity (Wildman–Crippen MR) is 156 cm³/mol. The molecule has 0 fully saturated rings. The molecular weight excluding hydrogens is 472 g/mol. The highest BCUT2D eigenvalue weighted by Crippen LogP contribution is 2.30. The third kappa shape index (κ3) is 7.92. The van der Waals surface area contributed by atoms with Gasteiger partial charge in [-0.25, -0.2) is 9.59 Å². The van der Waals surface area contributed by atoms with E-state index in [2.05, 4.69) is 52.5 Å². The van der Waals surface area contributed by atoms with Crippen LogP contribution in [-0.4, -0.2) is 25.2 Å². The van der Waals surface area contributed by atoms with E-state index in [9.17, 15) is 9.59 Å². The molecule has 0 heterocycles. The maximum atomic E-state index is 12.4. The van der Waals surface area contributed by atoms with Crippen molar-refractivity contribution in [2.45, 2.75) is 53.4 Å². The molecule has 0 radical (unpaired) electrons. The van der Waals surface area contributed by atoms with Gasteiger partial charge in [-0.05, 0) is 82.8 Å². The highest BCUT2D eigenvalue weighted by Gasteiger charge is 2.12. The molecule has 3 aromatic rings. The molecule has 3 rings (SSSR count). The Morgan fingerprint density at radius 1 is 0.711 bits per heavy atom. The topological polar surface area (TPSA) is 52.6 Å². The van der Waals surface area contributed by atoms with Crippen LogP contribution in [0.1, 0.15) is 79.7 Å². The molecule has 38 heavy (non-hydrogen) atoms. The Balaban J connectivity index is 1.67. The van der Waals surface area contributed by atoms with E-state index < -0.39 is 0 Å². The minimum absolute atomic E-state index is 0.287. The third-order valence-corrected chi connectivity index (χ3v) is 7.24. The summed E-state index contributed by atoms with van der Waals surface area (Å²) in [6.45, 7) is 13.5. The van der Waals surface area contributed by atoms with Gasteiger partial charge in [0.25, 0.3) is 0 Å². The summed E-state index contributed by atoms with van der Waals surface area (Å²) < 4.78 is 10.9. The standard InChI is InChI=1S/C34H40O4/c1-6-24(4)19-21-37-33(35)29-13-9-27(10-14-29)31-17-18-32(26(8-3)23-31)28-11-15-30(16-12-28)34(36)38-22-20-25(5)7-2/h8-18,23-25H,3,6-7,19-22H2,1-2,4-5H3/t24-,25-/m0/s1. The van der Waals surface area contributed by atoms with E-state index in [1.54, 1.807) is 0 Å². The van der Waals surface area contributed by atoms with Crippen molar-refractivity contribution in [1.82, 2.24) is 0 Å². The van der Waals surface area contributed by atoms with Gasteiger partial charge >= 0.3 is 11.9 Å². The maximum Gasteiger partial charge on any atom is 0.338 e. The van der Waals surface area contributed by atoms with Crippen LogP contribution in [0.3, 0.4) is 0 Å². The summed E-state index contributed by atoms with van der Waals surface area (Å²) in [6, 6.07) is 21.2. The molecule has 0 saturated heterocycles. The molecule has 0 aliphatic carbocycles. The van der Waals surface area contributed by atoms with Crippen molar-refractivity contribution in [3.05, 3.63) is 90.0 Å². The van der Waals surface area contributed by atoms with Gasteiger partial charge in [0.15, 0.2) is 0 Å². The molecular formula is C34H40O4. The minimum Gasteiger partial charge on any atom is -0.462 e. The van der Waals surface area contributed by atoms with Crippen molar-refractivity contribution < 1.29 is 19.1 Å². The molecule has 4 heteroatoms. The number of ether oxygens (including phenoxy) is 2. The first-order chi connectivity index (χ1) is 18.4. The van der Waals surface area contributed by atoms with Crippen molar-refractivity contribution in [1.29, 1.82) is 0 Å². The van der Waals surface area contributed by atoms with E-state index in [0.717, 1.165) is 53.5 Å². The molecule has 4 nitrogen and oxygen atoms in total. The SMILES string of the molecule is C=Cc1cc(-c2ccc(C(=O)OCC[C@@H](C)CC)cc2)ccc1-c1ccc(C(=O)OCC[C@@H](C)CC)cc1. The van der Waals surface area contributed by atoms with Gasteiger partial charge in [0.2, 0.25) is 0 Å². The van der Waals surface area contributed by atoms with Crippen LogP contribution in [0.25, 0.3) is 28.3 Å². The van der Waals surface area contributed by atoms with Crippen LogP contribution >= 0.6 is 0 Å². The van der Waals surface area contributed by atoms with Gasteiger partial charge in [0, 0.05) is 0 Å². The predicted octanol–water partition coefficient (Wildman–Crippen LogP) is 8.85. The fourth-order valence-corrected chi connectivity index (χ4v) is 4.04. The van der Waals surface area contributed by atoms with E-state index in [0.29, 0.717) is 36.2 Å². The second-order valence-corrected chi connectivity index (χ2v) is 10.0. The van der Waals surface area contributed by atoms with Crippen molar-refractivity contribution in [3.63, 3.8) is 0 Å². The normalized spacial score (nSPS) is 12.4. The lowest BCUT2D eigenvalue weighted by atomic mass is 9.94. The molecule has 0 spiro atoms. The molecule has 0 bridgehead atoms. The summed E-state index contributed by atoms with van der Waals surface area (Å²) >= 11 is 0. The molecule has 0 aliphatic rings. The fourth-order valence-electron chi connectivity index (χ4n) is 4.04. The summed E-state index contributed by atoms with van der Waals surface area (Å²) in [6.07, 6.45) is 5.74. The third-order valence-electron chi connectivity index (χ3n) is 7.24. The van der Waals surface area contributed by atoms with Gasteiger partial charge in [0.05, 0.1) is 24.3 Å². The van der Waals surface area contributed by atoms with E-state index in [1.165, 1.54) is 0 Å². The van der Waals surface area contributed by atoms with E-state index >= 15 is 0 Å². The van der Waals surface area contributed by atoms with E-state index in [-0.39, 0.29) is 11.9 Å². The Kier molecular flexibility index (Phi) is 10.9. The van der Waals surface area contributed by atoms with E-state index in [4.69, 9.17) is 9.47 Å². The van der Waals surface area contributed by atoms with Gasteiger partial charge in [-0.1, -0.05) is 89.6 Å². The Bertz CT molecular complexity index is 1210. The Morgan fingerprint density at radius 3 is 1.61 bits per heavy atom. The summed E-state index contributed by atoms with van der Waals surface area (Å²) in [7, 11) is 0. The average molecular weight is 513 g/mol. The molecule has 0 N–H and O–H groups in total. The first-order valence-electron chi connectivity index (χ1n) is 13.7. The van der Waals surface area contributed by atoms with Crippen molar-refractivity contribution in [2.75, 3.05) is 13.2 Å². The van der Waals surface area contributed by atoms with Crippen LogP contribution in [0.15, 0.2) is 73.3 Å². The number of hydrogen-bond donors (Lipinski definition) is 0. The molecule has 0 unspecified atom stereocenters. The largest absolute Gasteiger partial charge is 0.462 e. The van der Waals surface area contributed by atoms with Crippen LogP contribution in [0.4, 0.5) is 0 Å². The first-order valence-corrected chi connectivity index (χ1v) is 13.7. The highest BCUT2D eigenvalue weighted by atomic mass is 16.5. The lowest BCUT2D eigenvalue weighted by Gasteiger charge is -2.12. The van der Waals surface area contributed by atoms with Crippen molar-refractivity contribution in [3.8, 4) is 22.3 Å². The van der Waals surface area contributed by atoms with Crippen molar-refractivity contribution in [2.24, 2.45) is 11.8 Å².